The number of carbonyl (C=O) groups is 1. The second-order valence-electron chi connectivity index (χ2n) is 5.06. The Morgan fingerprint density at radius 1 is 1.55 bits per heavy atom. The molecule has 1 fully saturated rings. The molecule has 0 saturated carbocycles. The number of rotatable bonds is 6. The highest BCUT2D eigenvalue weighted by atomic mass is 19.1. The van der Waals surface area contributed by atoms with E-state index < -0.39 is 5.60 Å². The molecule has 2 rings (SSSR count). The largest absolute Gasteiger partial charge is 0.490 e. The molecule has 1 aromatic carbocycles. The zero-order chi connectivity index (χ0) is 14.6. The molecule has 0 bridgehead atoms. The Bertz CT molecular complexity index is 483. The summed E-state index contributed by atoms with van der Waals surface area (Å²) in [5.41, 5.74) is 4.71. The van der Waals surface area contributed by atoms with E-state index in [1.165, 1.54) is 12.1 Å². The summed E-state index contributed by atoms with van der Waals surface area (Å²) in [6, 6.07) is 5.99. The van der Waals surface area contributed by atoms with Crippen molar-refractivity contribution in [2.24, 2.45) is 5.73 Å². The average Bonchev–Trinajstić information content (AvgIpc) is 2.80. The number of primary amides is 1. The Hall–Kier alpha value is -1.66. The molecule has 5 nitrogen and oxygen atoms in total. The summed E-state index contributed by atoms with van der Waals surface area (Å²) in [6.07, 6.45) is 0.742. The van der Waals surface area contributed by atoms with E-state index in [2.05, 4.69) is 0 Å². The molecule has 6 heteroatoms. The number of hydrogen-bond donors (Lipinski definition) is 1. The first-order chi connectivity index (χ1) is 9.53. The number of likely N-dealkylation sites (tertiary alicyclic amines) is 1. The number of hydrogen-bond acceptors (Lipinski definition) is 4. The summed E-state index contributed by atoms with van der Waals surface area (Å²) in [5.74, 6) is -0.228. The van der Waals surface area contributed by atoms with E-state index in [1.54, 1.807) is 19.2 Å². The second-order valence-corrected chi connectivity index (χ2v) is 5.06. The highest BCUT2D eigenvalue weighted by Crippen LogP contribution is 2.26. The van der Waals surface area contributed by atoms with Crippen LogP contribution >= 0.6 is 0 Å². The molecule has 1 atom stereocenters. The minimum atomic E-state index is -0.484. The molecule has 0 spiro atoms. The molecule has 1 heterocycles. The summed E-state index contributed by atoms with van der Waals surface area (Å²) < 4.78 is 24.2. The molecule has 20 heavy (non-hydrogen) atoms. The van der Waals surface area contributed by atoms with Gasteiger partial charge in [-0.15, -0.1) is 0 Å². The van der Waals surface area contributed by atoms with Gasteiger partial charge in [-0.25, -0.2) is 4.39 Å². The smallest absolute Gasteiger partial charge is 0.231 e. The molecule has 0 radical (unpaired) electrons. The third-order valence-electron chi connectivity index (χ3n) is 3.51. The van der Waals surface area contributed by atoms with Gasteiger partial charge in [-0.1, -0.05) is 6.07 Å². The van der Waals surface area contributed by atoms with Gasteiger partial charge in [0.1, 0.15) is 23.8 Å². The lowest BCUT2D eigenvalue weighted by atomic mass is 10.0. The summed E-state index contributed by atoms with van der Waals surface area (Å²) in [5, 5.41) is 0. The number of nitrogens with two attached hydrogens (primary N) is 1. The highest BCUT2D eigenvalue weighted by molar-refractivity contribution is 5.75. The Morgan fingerprint density at radius 3 is 3.00 bits per heavy atom. The van der Waals surface area contributed by atoms with Crippen molar-refractivity contribution in [3.63, 3.8) is 0 Å². The molecule has 1 aliphatic rings. The first kappa shape index (κ1) is 14.7. The average molecular weight is 282 g/mol. The second kappa shape index (κ2) is 6.19. The summed E-state index contributed by atoms with van der Waals surface area (Å²) in [7, 11) is 1.61. The lowest BCUT2D eigenvalue weighted by molar-refractivity contribution is -0.119. The van der Waals surface area contributed by atoms with Crippen molar-refractivity contribution in [1.29, 1.82) is 0 Å². The van der Waals surface area contributed by atoms with Crippen LogP contribution in [0.15, 0.2) is 24.3 Å². The predicted octanol–water partition coefficient (Wildman–Crippen LogP) is 0.781. The van der Waals surface area contributed by atoms with Crippen LogP contribution in [0.4, 0.5) is 4.39 Å². The SMILES string of the molecule is COC1(COc2cccc(F)c2)CCN(CC(N)=O)C1. The molecule has 1 unspecified atom stereocenters. The van der Waals surface area contributed by atoms with Gasteiger partial charge in [0.05, 0.1) is 6.54 Å². The summed E-state index contributed by atoms with van der Waals surface area (Å²) >= 11 is 0. The Kier molecular flexibility index (Phi) is 4.57. The van der Waals surface area contributed by atoms with Gasteiger partial charge in [0.2, 0.25) is 5.91 Å². The van der Waals surface area contributed by atoms with E-state index >= 15 is 0 Å². The molecule has 0 aromatic heterocycles. The minimum absolute atomic E-state index is 0.213. The number of benzene rings is 1. The van der Waals surface area contributed by atoms with Crippen LogP contribution in [0, 0.1) is 5.82 Å². The highest BCUT2D eigenvalue weighted by Gasteiger charge is 2.39. The topological polar surface area (TPSA) is 64.8 Å². The maximum absolute atomic E-state index is 13.1. The van der Waals surface area contributed by atoms with Crippen molar-refractivity contribution in [3.05, 3.63) is 30.1 Å². The molecule has 1 aliphatic heterocycles. The van der Waals surface area contributed by atoms with Crippen molar-refractivity contribution in [3.8, 4) is 5.75 Å². The third kappa shape index (κ3) is 3.68. The van der Waals surface area contributed by atoms with Gasteiger partial charge >= 0.3 is 0 Å². The third-order valence-corrected chi connectivity index (χ3v) is 3.51. The molecule has 1 aromatic rings. The Labute approximate surface area is 117 Å². The Balaban J connectivity index is 1.94. The van der Waals surface area contributed by atoms with Gasteiger partial charge < -0.3 is 15.2 Å². The number of halogens is 1. The van der Waals surface area contributed by atoms with E-state index in [0.717, 1.165) is 13.0 Å². The van der Waals surface area contributed by atoms with Crippen LogP contribution in [0.5, 0.6) is 5.75 Å². The molecule has 0 aliphatic carbocycles. The number of ether oxygens (including phenoxy) is 2. The lowest BCUT2D eigenvalue weighted by Gasteiger charge is -2.27. The van der Waals surface area contributed by atoms with E-state index in [9.17, 15) is 9.18 Å². The van der Waals surface area contributed by atoms with Gasteiger partial charge in [0.15, 0.2) is 0 Å². The van der Waals surface area contributed by atoms with Crippen molar-refractivity contribution >= 4 is 5.91 Å². The Morgan fingerprint density at radius 2 is 2.35 bits per heavy atom. The number of nitrogens with zero attached hydrogens (tertiary/aromatic N) is 1. The van der Waals surface area contributed by atoms with Gasteiger partial charge in [-0.3, -0.25) is 9.69 Å². The van der Waals surface area contributed by atoms with Gasteiger partial charge in [-0.05, 0) is 18.6 Å². The van der Waals surface area contributed by atoms with E-state index in [1.807, 2.05) is 4.90 Å². The first-order valence-corrected chi connectivity index (χ1v) is 6.47. The maximum Gasteiger partial charge on any atom is 0.231 e. The van der Waals surface area contributed by atoms with Gasteiger partial charge in [0.25, 0.3) is 0 Å². The minimum Gasteiger partial charge on any atom is -0.490 e. The van der Waals surface area contributed by atoms with Crippen LogP contribution in [0.1, 0.15) is 6.42 Å². The lowest BCUT2D eigenvalue weighted by Crippen LogP contribution is -2.42. The monoisotopic (exact) mass is 282 g/mol. The number of carbonyl (C=O) groups excluding carboxylic acids is 1. The molecule has 1 saturated heterocycles. The first-order valence-electron chi connectivity index (χ1n) is 6.47. The molecule has 1 amide bonds. The van der Waals surface area contributed by atoms with Gasteiger partial charge in [-0.2, -0.15) is 0 Å². The summed E-state index contributed by atoms with van der Waals surface area (Å²) in [4.78, 5) is 12.9. The van der Waals surface area contributed by atoms with Crippen LogP contribution < -0.4 is 10.5 Å². The van der Waals surface area contributed by atoms with Crippen LogP contribution in [0.2, 0.25) is 0 Å². The molecular weight excluding hydrogens is 263 g/mol. The van der Waals surface area contributed by atoms with Crippen molar-refractivity contribution in [2.45, 2.75) is 12.0 Å². The molecule has 110 valence electrons. The van der Waals surface area contributed by atoms with Crippen LogP contribution in [-0.4, -0.2) is 49.8 Å². The molecular formula is C14H19FN2O3. The van der Waals surface area contributed by atoms with Crippen LogP contribution in [0.25, 0.3) is 0 Å². The van der Waals surface area contributed by atoms with Crippen LogP contribution in [0.3, 0.4) is 0 Å². The zero-order valence-electron chi connectivity index (χ0n) is 11.5. The van der Waals surface area contributed by atoms with Gasteiger partial charge in [0, 0.05) is 26.3 Å². The fraction of sp³-hybridized carbons (Fsp3) is 0.500. The fourth-order valence-electron chi connectivity index (χ4n) is 2.40. The molecule has 2 N–H and O–H groups in total. The standard InChI is InChI=1S/C14H19FN2O3/c1-19-14(5-6-17(9-14)8-13(16)18)10-20-12-4-2-3-11(15)7-12/h2-4,7H,5-6,8-10H2,1H3,(H2,16,18). The number of amides is 1. The maximum atomic E-state index is 13.1. The van der Waals surface area contributed by atoms with Crippen molar-refractivity contribution < 1.29 is 18.7 Å². The van der Waals surface area contributed by atoms with Crippen LogP contribution in [-0.2, 0) is 9.53 Å². The summed E-state index contributed by atoms with van der Waals surface area (Å²) in [6.45, 7) is 1.82. The quantitative estimate of drug-likeness (QED) is 0.837. The number of methoxy groups -OCH3 is 1. The van der Waals surface area contributed by atoms with E-state index in [4.69, 9.17) is 15.2 Å². The predicted molar refractivity (Wildman–Crippen MR) is 71.9 cm³/mol. The van der Waals surface area contributed by atoms with E-state index in [-0.39, 0.29) is 18.3 Å². The zero-order valence-corrected chi connectivity index (χ0v) is 11.5. The van der Waals surface area contributed by atoms with Crippen molar-refractivity contribution in [1.82, 2.24) is 4.90 Å². The normalized spacial score (nSPS) is 22.9. The van der Waals surface area contributed by atoms with E-state index in [0.29, 0.717) is 18.9 Å². The van der Waals surface area contributed by atoms with Crippen molar-refractivity contribution in [2.75, 3.05) is 33.4 Å². The fourth-order valence-corrected chi connectivity index (χ4v) is 2.40.